The molecule has 9 aromatic rings. The Morgan fingerprint density at radius 3 is 1.41 bits per heavy atom. The predicted octanol–water partition coefficient (Wildman–Crippen LogP) is 8.57. The van der Waals surface area contributed by atoms with Crippen LogP contribution < -0.4 is 0 Å². The summed E-state index contributed by atoms with van der Waals surface area (Å²) in [5, 5.41) is 4.45. The maximum Gasteiger partial charge on any atom is 0.135 e. The van der Waals surface area contributed by atoms with Gasteiger partial charge in [-0.1, -0.05) is 36.4 Å². The number of para-hydroxylation sites is 2. The maximum atomic E-state index is 6.30. The standard InChI is InChI=1S/C34H20N4O/c1-3-9-27-23(7-1)33-29(11-5-17-35-33)37(27)21-13-15-31-25(19-21)26-20-22(14-16-32(26)39-31)38-28-10-4-2-8-24(28)34-30(38)12-6-18-36-34/h1-20H. The summed E-state index contributed by atoms with van der Waals surface area (Å²) >= 11 is 0. The zero-order valence-corrected chi connectivity index (χ0v) is 20.7. The molecule has 5 heterocycles. The molecule has 5 aromatic heterocycles. The summed E-state index contributed by atoms with van der Waals surface area (Å²) in [6.45, 7) is 0. The molecule has 9 rings (SSSR count). The third-order valence-corrected chi connectivity index (χ3v) is 7.81. The molecule has 5 heteroatoms. The second-order valence-electron chi connectivity index (χ2n) is 9.91. The monoisotopic (exact) mass is 500 g/mol. The van der Waals surface area contributed by atoms with Crippen LogP contribution in [0.15, 0.2) is 126 Å². The van der Waals surface area contributed by atoms with Gasteiger partial charge in [-0.15, -0.1) is 0 Å². The summed E-state index contributed by atoms with van der Waals surface area (Å²) in [4.78, 5) is 9.40. The van der Waals surface area contributed by atoms with Gasteiger partial charge in [0.05, 0.1) is 33.1 Å². The number of aromatic nitrogens is 4. The fourth-order valence-corrected chi connectivity index (χ4v) is 6.15. The van der Waals surface area contributed by atoms with Crippen molar-refractivity contribution >= 4 is 65.8 Å². The lowest BCUT2D eigenvalue weighted by atomic mass is 10.1. The van der Waals surface area contributed by atoms with Crippen LogP contribution in [0.2, 0.25) is 0 Å². The Morgan fingerprint density at radius 1 is 0.436 bits per heavy atom. The number of nitrogens with zero attached hydrogens (tertiary/aromatic N) is 4. The molecule has 0 radical (unpaired) electrons. The van der Waals surface area contributed by atoms with Gasteiger partial charge in [-0.2, -0.15) is 0 Å². The summed E-state index contributed by atoms with van der Waals surface area (Å²) in [6, 6.07) is 38.0. The third-order valence-electron chi connectivity index (χ3n) is 7.81. The van der Waals surface area contributed by atoms with Gasteiger partial charge in [0.1, 0.15) is 11.2 Å². The van der Waals surface area contributed by atoms with E-state index >= 15 is 0 Å². The molecule has 0 saturated carbocycles. The average Bonchev–Trinajstić information content (AvgIpc) is 3.64. The average molecular weight is 501 g/mol. The Kier molecular flexibility index (Phi) is 3.99. The number of hydrogen-bond acceptors (Lipinski definition) is 3. The molecule has 182 valence electrons. The minimum atomic E-state index is 0.869. The second-order valence-corrected chi connectivity index (χ2v) is 9.91. The molecule has 0 unspecified atom stereocenters. The van der Waals surface area contributed by atoms with E-state index < -0.39 is 0 Å². The maximum absolute atomic E-state index is 6.30. The van der Waals surface area contributed by atoms with Crippen LogP contribution in [-0.4, -0.2) is 19.1 Å². The smallest absolute Gasteiger partial charge is 0.135 e. The van der Waals surface area contributed by atoms with Crippen molar-refractivity contribution in [3.05, 3.63) is 122 Å². The van der Waals surface area contributed by atoms with Gasteiger partial charge >= 0.3 is 0 Å². The minimum absolute atomic E-state index is 0.869. The first kappa shape index (κ1) is 20.6. The van der Waals surface area contributed by atoms with E-state index in [1.165, 1.54) is 0 Å². The van der Waals surface area contributed by atoms with E-state index in [9.17, 15) is 0 Å². The quantitative estimate of drug-likeness (QED) is 0.239. The zero-order valence-electron chi connectivity index (χ0n) is 20.7. The SMILES string of the molecule is c1ccc2c(c1)c1ncccc1n2-c1ccc2oc3ccc(-n4c5ccccc5c5ncccc54)cc3c2c1. The fraction of sp³-hybridized carbons (Fsp3) is 0. The highest BCUT2D eigenvalue weighted by Crippen LogP contribution is 2.37. The van der Waals surface area contributed by atoms with Gasteiger partial charge in [0.15, 0.2) is 0 Å². The molecule has 0 amide bonds. The highest BCUT2D eigenvalue weighted by atomic mass is 16.3. The van der Waals surface area contributed by atoms with Crippen molar-refractivity contribution in [1.29, 1.82) is 0 Å². The zero-order chi connectivity index (χ0) is 25.5. The summed E-state index contributed by atoms with van der Waals surface area (Å²) in [6.07, 6.45) is 3.72. The van der Waals surface area contributed by atoms with Crippen molar-refractivity contribution in [3.8, 4) is 11.4 Å². The lowest BCUT2D eigenvalue weighted by Gasteiger charge is -2.08. The Balaban J connectivity index is 1.32. The molecule has 0 bridgehead atoms. The van der Waals surface area contributed by atoms with Crippen molar-refractivity contribution in [2.75, 3.05) is 0 Å². The van der Waals surface area contributed by atoms with Gasteiger partial charge in [0.25, 0.3) is 0 Å². The molecule has 0 aliphatic rings. The molecule has 39 heavy (non-hydrogen) atoms. The first-order valence-electron chi connectivity index (χ1n) is 13.0. The van der Waals surface area contributed by atoms with Crippen LogP contribution in [0.4, 0.5) is 0 Å². The fourth-order valence-electron chi connectivity index (χ4n) is 6.15. The number of benzene rings is 4. The molecular formula is C34H20N4O. The van der Waals surface area contributed by atoms with Gasteiger partial charge < -0.3 is 13.6 Å². The molecule has 0 aliphatic carbocycles. The first-order chi connectivity index (χ1) is 19.3. The van der Waals surface area contributed by atoms with E-state index in [1.807, 2.05) is 24.5 Å². The third kappa shape index (κ3) is 2.79. The van der Waals surface area contributed by atoms with Crippen molar-refractivity contribution in [1.82, 2.24) is 19.1 Å². The summed E-state index contributed by atoms with van der Waals surface area (Å²) < 4.78 is 10.9. The molecule has 4 aromatic carbocycles. The van der Waals surface area contributed by atoms with E-state index in [0.29, 0.717) is 0 Å². The van der Waals surface area contributed by atoms with Gasteiger partial charge in [-0.05, 0) is 72.8 Å². The van der Waals surface area contributed by atoms with Crippen molar-refractivity contribution in [3.63, 3.8) is 0 Å². The van der Waals surface area contributed by atoms with Crippen LogP contribution >= 0.6 is 0 Å². The topological polar surface area (TPSA) is 48.8 Å². The first-order valence-corrected chi connectivity index (χ1v) is 13.0. The molecule has 0 spiro atoms. The van der Waals surface area contributed by atoms with Gasteiger partial charge in [-0.3, -0.25) is 9.97 Å². The molecule has 0 atom stereocenters. The van der Waals surface area contributed by atoms with E-state index in [4.69, 9.17) is 14.4 Å². The number of rotatable bonds is 2. The highest BCUT2D eigenvalue weighted by molar-refractivity contribution is 6.10. The van der Waals surface area contributed by atoms with Crippen molar-refractivity contribution < 1.29 is 4.42 Å². The lowest BCUT2D eigenvalue weighted by Crippen LogP contribution is -1.94. The highest BCUT2D eigenvalue weighted by Gasteiger charge is 2.17. The van der Waals surface area contributed by atoms with E-state index in [2.05, 4.69) is 106 Å². The number of hydrogen-bond donors (Lipinski definition) is 0. The van der Waals surface area contributed by atoms with Gasteiger partial charge in [0.2, 0.25) is 0 Å². The second kappa shape index (κ2) is 7.55. The molecular weight excluding hydrogens is 480 g/mol. The van der Waals surface area contributed by atoms with E-state index in [1.54, 1.807) is 0 Å². The summed E-state index contributed by atoms with van der Waals surface area (Å²) in [5.41, 5.74) is 10.4. The van der Waals surface area contributed by atoms with Crippen LogP contribution in [0.3, 0.4) is 0 Å². The normalized spacial score (nSPS) is 12.1. The van der Waals surface area contributed by atoms with Gasteiger partial charge in [0, 0.05) is 45.3 Å². The molecule has 0 N–H and O–H groups in total. The van der Waals surface area contributed by atoms with Crippen LogP contribution in [-0.2, 0) is 0 Å². The molecule has 5 nitrogen and oxygen atoms in total. The molecule has 0 saturated heterocycles. The van der Waals surface area contributed by atoms with Crippen LogP contribution in [0.25, 0.3) is 77.2 Å². The van der Waals surface area contributed by atoms with E-state index in [0.717, 1.165) is 77.2 Å². The molecule has 0 fully saturated rings. The Bertz CT molecular complexity index is 2130. The number of pyridine rings is 2. The molecule has 0 aliphatic heterocycles. The summed E-state index contributed by atoms with van der Waals surface area (Å²) in [5.74, 6) is 0. The van der Waals surface area contributed by atoms with Crippen molar-refractivity contribution in [2.45, 2.75) is 0 Å². The lowest BCUT2D eigenvalue weighted by molar-refractivity contribution is 0.669. The van der Waals surface area contributed by atoms with E-state index in [-0.39, 0.29) is 0 Å². The summed E-state index contributed by atoms with van der Waals surface area (Å²) in [7, 11) is 0. The van der Waals surface area contributed by atoms with Crippen LogP contribution in [0.5, 0.6) is 0 Å². The van der Waals surface area contributed by atoms with Crippen molar-refractivity contribution in [2.24, 2.45) is 0 Å². The number of furan rings is 1. The Labute approximate surface area is 222 Å². The van der Waals surface area contributed by atoms with Crippen LogP contribution in [0, 0.1) is 0 Å². The predicted molar refractivity (Wildman–Crippen MR) is 158 cm³/mol. The minimum Gasteiger partial charge on any atom is -0.456 e. The Hall–Kier alpha value is -5.42. The Morgan fingerprint density at radius 2 is 0.897 bits per heavy atom. The largest absolute Gasteiger partial charge is 0.456 e. The number of fused-ring (bicyclic) bond motifs is 9. The van der Waals surface area contributed by atoms with Crippen LogP contribution in [0.1, 0.15) is 0 Å². The van der Waals surface area contributed by atoms with Gasteiger partial charge in [-0.25, -0.2) is 0 Å².